The summed E-state index contributed by atoms with van der Waals surface area (Å²) in [6.45, 7) is 14.1. The molecule has 5 nitrogen and oxygen atoms in total. The lowest BCUT2D eigenvalue weighted by Gasteiger charge is -2.32. The number of hydrogen-bond donors (Lipinski definition) is 1. The van der Waals surface area contributed by atoms with Crippen molar-refractivity contribution in [3.05, 3.63) is 0 Å². The van der Waals surface area contributed by atoms with Crippen molar-refractivity contribution in [1.29, 1.82) is 0 Å². The molecule has 0 aliphatic carbocycles. The number of piperidine rings is 2. The van der Waals surface area contributed by atoms with Gasteiger partial charge in [0, 0.05) is 44.1 Å². The number of nitrogens with two attached hydrogens (primary N) is 1. The SMILES string of the molecule is CCC(C)C(=O)N1CCC(C)CC1.CCC(C)C(=O)N1CCC(N)CC1. The maximum atomic E-state index is 11.8. The van der Waals surface area contributed by atoms with Crippen molar-refractivity contribution in [1.82, 2.24) is 9.80 Å². The summed E-state index contributed by atoms with van der Waals surface area (Å²) in [4.78, 5) is 27.5. The van der Waals surface area contributed by atoms with E-state index in [1.165, 1.54) is 12.8 Å². The second-order valence-electron chi connectivity index (χ2n) is 8.29. The van der Waals surface area contributed by atoms with E-state index in [9.17, 15) is 9.59 Å². The molecule has 0 aromatic heterocycles. The van der Waals surface area contributed by atoms with Gasteiger partial charge in [0.05, 0.1) is 0 Å². The molecule has 5 heteroatoms. The lowest BCUT2D eigenvalue weighted by Crippen LogP contribution is -2.44. The molecular formula is C21H41N3O2. The molecule has 2 atom stereocenters. The highest BCUT2D eigenvalue weighted by molar-refractivity contribution is 5.78. The standard InChI is InChI=1S/C11H21NO.C10H20N2O/c1-4-10(3)11(13)12-7-5-9(2)6-8-12;1-3-8(2)10(13)12-6-4-9(11)5-7-12/h9-10H,4-8H2,1-3H3;8-9H,3-7,11H2,1-2H3. The molecule has 0 aromatic rings. The average molecular weight is 368 g/mol. The van der Waals surface area contributed by atoms with Gasteiger partial charge in [0.2, 0.25) is 11.8 Å². The Hall–Kier alpha value is -1.10. The number of carbonyl (C=O) groups excluding carboxylic acids is 2. The predicted molar refractivity (Wildman–Crippen MR) is 108 cm³/mol. The number of nitrogens with zero attached hydrogens (tertiary/aromatic N) is 2. The maximum absolute atomic E-state index is 11.8. The normalized spacial score (nSPS) is 21.6. The Bertz CT molecular complexity index is 385. The van der Waals surface area contributed by atoms with Crippen LogP contribution in [0, 0.1) is 17.8 Å². The van der Waals surface area contributed by atoms with Crippen molar-refractivity contribution in [2.24, 2.45) is 23.5 Å². The van der Waals surface area contributed by atoms with Crippen LogP contribution >= 0.6 is 0 Å². The number of likely N-dealkylation sites (tertiary alicyclic amines) is 2. The summed E-state index contributed by atoms with van der Waals surface area (Å²) < 4.78 is 0. The minimum Gasteiger partial charge on any atom is -0.342 e. The Morgan fingerprint density at radius 2 is 1.19 bits per heavy atom. The third kappa shape index (κ3) is 7.26. The molecular weight excluding hydrogens is 326 g/mol. The average Bonchev–Trinajstić information content (AvgIpc) is 2.67. The van der Waals surface area contributed by atoms with E-state index in [2.05, 4.69) is 20.8 Å². The lowest BCUT2D eigenvalue weighted by molar-refractivity contribution is -0.137. The van der Waals surface area contributed by atoms with Crippen LogP contribution in [0.2, 0.25) is 0 Å². The number of rotatable bonds is 4. The molecule has 2 rings (SSSR count). The molecule has 0 saturated carbocycles. The van der Waals surface area contributed by atoms with E-state index in [1.807, 2.05) is 23.6 Å². The van der Waals surface area contributed by atoms with Gasteiger partial charge in [0.15, 0.2) is 0 Å². The molecule has 2 amide bonds. The van der Waals surface area contributed by atoms with E-state index in [0.29, 0.717) is 17.9 Å². The van der Waals surface area contributed by atoms with Gasteiger partial charge in [-0.05, 0) is 44.4 Å². The predicted octanol–water partition coefficient (Wildman–Crippen LogP) is 3.27. The summed E-state index contributed by atoms with van der Waals surface area (Å²) in [6, 6.07) is 0.306. The van der Waals surface area contributed by atoms with E-state index >= 15 is 0 Å². The van der Waals surface area contributed by atoms with Crippen LogP contribution in [0.25, 0.3) is 0 Å². The Balaban J connectivity index is 0.000000260. The van der Waals surface area contributed by atoms with Crippen LogP contribution in [0.15, 0.2) is 0 Å². The molecule has 2 fully saturated rings. The molecule has 2 heterocycles. The fraction of sp³-hybridized carbons (Fsp3) is 0.905. The first-order valence-electron chi connectivity index (χ1n) is 10.6. The highest BCUT2D eigenvalue weighted by Gasteiger charge is 2.24. The molecule has 0 spiro atoms. The molecule has 2 aliphatic rings. The fourth-order valence-corrected chi connectivity index (χ4v) is 3.32. The van der Waals surface area contributed by atoms with Crippen LogP contribution in [0.4, 0.5) is 0 Å². The lowest BCUT2D eigenvalue weighted by atomic mass is 9.97. The quantitative estimate of drug-likeness (QED) is 0.829. The van der Waals surface area contributed by atoms with Gasteiger partial charge in [0.25, 0.3) is 0 Å². The highest BCUT2D eigenvalue weighted by Crippen LogP contribution is 2.18. The fourth-order valence-electron chi connectivity index (χ4n) is 3.32. The van der Waals surface area contributed by atoms with Crippen LogP contribution in [0.1, 0.15) is 73.1 Å². The first kappa shape index (κ1) is 22.9. The van der Waals surface area contributed by atoms with Crippen molar-refractivity contribution in [3.63, 3.8) is 0 Å². The van der Waals surface area contributed by atoms with Gasteiger partial charge < -0.3 is 15.5 Å². The summed E-state index contributed by atoms with van der Waals surface area (Å²) in [5, 5.41) is 0. The van der Waals surface area contributed by atoms with Crippen LogP contribution in [0.3, 0.4) is 0 Å². The van der Waals surface area contributed by atoms with E-state index < -0.39 is 0 Å². The van der Waals surface area contributed by atoms with Gasteiger partial charge in [-0.1, -0.05) is 34.6 Å². The zero-order chi connectivity index (χ0) is 19.7. The third-order valence-electron chi connectivity index (χ3n) is 6.01. The van der Waals surface area contributed by atoms with Crippen molar-refractivity contribution < 1.29 is 9.59 Å². The van der Waals surface area contributed by atoms with E-state index in [0.717, 1.165) is 57.8 Å². The van der Waals surface area contributed by atoms with Gasteiger partial charge >= 0.3 is 0 Å². The van der Waals surface area contributed by atoms with Gasteiger partial charge in [0.1, 0.15) is 0 Å². The Labute approximate surface area is 160 Å². The van der Waals surface area contributed by atoms with E-state index in [-0.39, 0.29) is 11.8 Å². The third-order valence-corrected chi connectivity index (χ3v) is 6.01. The van der Waals surface area contributed by atoms with Crippen LogP contribution < -0.4 is 5.73 Å². The minimum atomic E-state index is 0.175. The molecule has 0 bridgehead atoms. The van der Waals surface area contributed by atoms with E-state index in [1.54, 1.807) is 0 Å². The van der Waals surface area contributed by atoms with Crippen molar-refractivity contribution in [3.8, 4) is 0 Å². The number of hydrogen-bond acceptors (Lipinski definition) is 3. The van der Waals surface area contributed by atoms with Gasteiger partial charge in [-0.15, -0.1) is 0 Å². The summed E-state index contributed by atoms with van der Waals surface area (Å²) in [5.74, 6) is 1.85. The van der Waals surface area contributed by atoms with Gasteiger partial charge in [-0.2, -0.15) is 0 Å². The Kier molecular flexibility index (Phi) is 10.2. The Morgan fingerprint density at radius 1 is 0.846 bits per heavy atom. The Morgan fingerprint density at radius 3 is 1.54 bits per heavy atom. The van der Waals surface area contributed by atoms with Crippen molar-refractivity contribution in [2.45, 2.75) is 79.2 Å². The number of amides is 2. The second-order valence-corrected chi connectivity index (χ2v) is 8.29. The molecule has 2 saturated heterocycles. The van der Waals surface area contributed by atoms with Crippen molar-refractivity contribution in [2.75, 3.05) is 26.2 Å². The first-order valence-corrected chi connectivity index (χ1v) is 10.6. The van der Waals surface area contributed by atoms with Crippen LogP contribution in [-0.4, -0.2) is 53.8 Å². The van der Waals surface area contributed by atoms with Gasteiger partial charge in [-0.3, -0.25) is 9.59 Å². The molecule has 0 radical (unpaired) electrons. The smallest absolute Gasteiger partial charge is 0.225 e. The summed E-state index contributed by atoms with van der Waals surface area (Å²) in [7, 11) is 0. The monoisotopic (exact) mass is 367 g/mol. The summed E-state index contributed by atoms with van der Waals surface area (Å²) >= 11 is 0. The largest absolute Gasteiger partial charge is 0.342 e. The van der Waals surface area contributed by atoms with Crippen LogP contribution in [-0.2, 0) is 9.59 Å². The summed E-state index contributed by atoms with van der Waals surface area (Å²) in [5.41, 5.74) is 5.77. The molecule has 0 aromatic carbocycles. The van der Waals surface area contributed by atoms with Gasteiger partial charge in [-0.25, -0.2) is 0 Å². The molecule has 2 unspecified atom stereocenters. The molecule has 26 heavy (non-hydrogen) atoms. The molecule has 2 N–H and O–H groups in total. The zero-order valence-corrected chi connectivity index (χ0v) is 17.7. The summed E-state index contributed by atoms with van der Waals surface area (Å²) in [6.07, 6.45) is 6.18. The molecule has 2 aliphatic heterocycles. The number of carbonyl (C=O) groups is 2. The second kappa shape index (κ2) is 11.6. The molecule has 152 valence electrons. The topological polar surface area (TPSA) is 66.6 Å². The maximum Gasteiger partial charge on any atom is 0.225 e. The minimum absolute atomic E-state index is 0.175. The van der Waals surface area contributed by atoms with Crippen LogP contribution in [0.5, 0.6) is 0 Å². The van der Waals surface area contributed by atoms with Crippen molar-refractivity contribution >= 4 is 11.8 Å². The zero-order valence-electron chi connectivity index (χ0n) is 17.7. The van der Waals surface area contributed by atoms with E-state index in [4.69, 9.17) is 5.73 Å². The first-order chi connectivity index (χ1) is 12.3. The highest BCUT2D eigenvalue weighted by atomic mass is 16.2.